The maximum atomic E-state index is 12.4. The Morgan fingerprint density at radius 3 is 2.63 bits per heavy atom. The SMILES string of the molecule is O=C(O)C[C@H]1CC[C@@H](CNC(=O)c2cccc(OC(F)F)c2)N1CC1CC1. The number of nitrogens with one attached hydrogen (secondary N) is 1. The van der Waals surface area contributed by atoms with Gasteiger partial charge in [0.1, 0.15) is 5.75 Å². The normalized spacial score (nSPS) is 22.8. The summed E-state index contributed by atoms with van der Waals surface area (Å²) in [5, 5.41) is 12.0. The van der Waals surface area contributed by atoms with E-state index in [-0.39, 0.29) is 35.7 Å². The summed E-state index contributed by atoms with van der Waals surface area (Å²) in [6, 6.07) is 5.79. The molecule has 0 unspecified atom stereocenters. The first kappa shape index (κ1) is 19.5. The number of carboxylic acids is 1. The van der Waals surface area contributed by atoms with E-state index in [9.17, 15) is 18.4 Å². The number of hydrogen-bond donors (Lipinski definition) is 2. The molecule has 1 heterocycles. The smallest absolute Gasteiger partial charge is 0.387 e. The number of rotatable bonds is 9. The topological polar surface area (TPSA) is 78.9 Å². The molecule has 1 aromatic rings. The van der Waals surface area contributed by atoms with Crippen molar-refractivity contribution in [1.82, 2.24) is 10.2 Å². The van der Waals surface area contributed by atoms with Gasteiger partial charge in [0.2, 0.25) is 0 Å². The van der Waals surface area contributed by atoms with Gasteiger partial charge in [0.15, 0.2) is 0 Å². The Bertz CT molecular complexity index is 681. The van der Waals surface area contributed by atoms with Crippen molar-refractivity contribution in [3.8, 4) is 5.75 Å². The fourth-order valence-corrected chi connectivity index (χ4v) is 3.68. The minimum atomic E-state index is -2.94. The highest BCUT2D eigenvalue weighted by atomic mass is 19.3. The van der Waals surface area contributed by atoms with E-state index in [1.807, 2.05) is 0 Å². The number of alkyl halides is 2. The van der Waals surface area contributed by atoms with Crippen molar-refractivity contribution >= 4 is 11.9 Å². The third kappa shape index (κ3) is 5.63. The first-order valence-corrected chi connectivity index (χ1v) is 9.23. The molecule has 148 valence electrons. The lowest BCUT2D eigenvalue weighted by atomic mass is 10.1. The molecule has 0 radical (unpaired) electrons. The largest absolute Gasteiger partial charge is 0.481 e. The number of nitrogens with zero attached hydrogens (tertiary/aromatic N) is 1. The Balaban J connectivity index is 1.57. The highest BCUT2D eigenvalue weighted by Gasteiger charge is 2.38. The van der Waals surface area contributed by atoms with Crippen LogP contribution in [0.25, 0.3) is 0 Å². The molecular formula is C19H24F2N2O4. The minimum absolute atomic E-state index is 0.00720. The summed E-state index contributed by atoms with van der Waals surface area (Å²) in [6.45, 7) is -1.67. The molecule has 6 nitrogen and oxygen atoms in total. The fourth-order valence-electron chi connectivity index (χ4n) is 3.68. The Morgan fingerprint density at radius 1 is 1.22 bits per heavy atom. The molecule has 2 N–H and O–H groups in total. The third-order valence-corrected chi connectivity index (χ3v) is 5.17. The van der Waals surface area contributed by atoms with Crippen LogP contribution in [0.3, 0.4) is 0 Å². The molecule has 1 aliphatic heterocycles. The van der Waals surface area contributed by atoms with Gasteiger partial charge in [0.05, 0.1) is 6.42 Å². The monoisotopic (exact) mass is 382 g/mol. The predicted molar refractivity (Wildman–Crippen MR) is 93.9 cm³/mol. The van der Waals surface area contributed by atoms with E-state index in [1.165, 1.54) is 37.1 Å². The lowest BCUT2D eigenvalue weighted by molar-refractivity contribution is -0.138. The second kappa shape index (κ2) is 8.65. The van der Waals surface area contributed by atoms with Gasteiger partial charge >= 0.3 is 12.6 Å². The third-order valence-electron chi connectivity index (χ3n) is 5.17. The van der Waals surface area contributed by atoms with E-state index in [2.05, 4.69) is 15.0 Å². The van der Waals surface area contributed by atoms with E-state index in [0.29, 0.717) is 12.5 Å². The summed E-state index contributed by atoms with van der Waals surface area (Å²) in [5.74, 6) is -0.597. The number of halogens is 2. The number of carbonyl (C=O) groups excluding carboxylic acids is 1. The van der Waals surface area contributed by atoms with Crippen LogP contribution in [0.1, 0.15) is 42.5 Å². The predicted octanol–water partition coefficient (Wildman–Crippen LogP) is 2.74. The van der Waals surface area contributed by atoms with Crippen molar-refractivity contribution in [3.63, 3.8) is 0 Å². The molecule has 3 rings (SSSR count). The van der Waals surface area contributed by atoms with Gasteiger partial charge in [-0.05, 0) is 49.8 Å². The Kier molecular flexibility index (Phi) is 6.26. The molecular weight excluding hydrogens is 358 g/mol. The number of ether oxygens (including phenoxy) is 1. The van der Waals surface area contributed by atoms with E-state index < -0.39 is 12.6 Å². The van der Waals surface area contributed by atoms with E-state index in [4.69, 9.17) is 5.11 Å². The van der Waals surface area contributed by atoms with Crippen molar-refractivity contribution in [1.29, 1.82) is 0 Å². The number of amides is 1. The molecule has 2 atom stereocenters. The summed E-state index contributed by atoms with van der Waals surface area (Å²) < 4.78 is 29.0. The second-order valence-corrected chi connectivity index (χ2v) is 7.24. The lowest BCUT2D eigenvalue weighted by Gasteiger charge is -2.29. The van der Waals surface area contributed by atoms with Gasteiger partial charge in [0.25, 0.3) is 5.91 Å². The number of benzene rings is 1. The second-order valence-electron chi connectivity index (χ2n) is 7.24. The number of carboxylic acid groups (broad SMARTS) is 1. The van der Waals surface area contributed by atoms with Gasteiger partial charge in [-0.3, -0.25) is 14.5 Å². The summed E-state index contributed by atoms with van der Waals surface area (Å²) in [5.41, 5.74) is 0.252. The molecule has 1 saturated heterocycles. The van der Waals surface area contributed by atoms with Crippen molar-refractivity contribution in [2.75, 3.05) is 13.1 Å². The fraction of sp³-hybridized carbons (Fsp3) is 0.579. The molecule has 0 spiro atoms. The molecule has 1 amide bonds. The minimum Gasteiger partial charge on any atom is -0.481 e. The number of aliphatic carboxylic acids is 1. The zero-order chi connectivity index (χ0) is 19.4. The van der Waals surface area contributed by atoms with E-state index >= 15 is 0 Å². The number of hydrogen-bond acceptors (Lipinski definition) is 4. The lowest BCUT2D eigenvalue weighted by Crippen LogP contribution is -2.44. The average Bonchev–Trinajstić information content (AvgIpc) is 3.35. The zero-order valence-corrected chi connectivity index (χ0v) is 14.9. The van der Waals surface area contributed by atoms with Gasteiger partial charge in [-0.2, -0.15) is 8.78 Å². The Hall–Kier alpha value is -2.22. The van der Waals surface area contributed by atoms with E-state index in [0.717, 1.165) is 19.4 Å². The van der Waals surface area contributed by atoms with Gasteiger partial charge in [0, 0.05) is 30.7 Å². The van der Waals surface area contributed by atoms with Crippen molar-refractivity contribution < 1.29 is 28.2 Å². The van der Waals surface area contributed by atoms with Crippen LogP contribution < -0.4 is 10.1 Å². The number of carbonyl (C=O) groups is 2. The average molecular weight is 382 g/mol. The van der Waals surface area contributed by atoms with Gasteiger partial charge < -0.3 is 15.2 Å². The molecule has 0 bridgehead atoms. The van der Waals surface area contributed by atoms with Gasteiger partial charge in [-0.1, -0.05) is 6.07 Å². The summed E-state index contributed by atoms with van der Waals surface area (Å²) in [6.07, 6.45) is 4.10. The van der Waals surface area contributed by atoms with Crippen LogP contribution in [-0.4, -0.2) is 53.7 Å². The standard InChI is InChI=1S/C19H24F2N2O4/c20-19(21)27-16-3-1-2-13(8-16)18(26)22-10-15-7-6-14(9-17(24)25)23(15)11-12-4-5-12/h1-3,8,12,14-15,19H,4-7,9-11H2,(H,22,26)(H,24,25)/t14-,15+/m1/s1. The van der Waals surface area contributed by atoms with Crippen LogP contribution >= 0.6 is 0 Å². The highest BCUT2D eigenvalue weighted by molar-refractivity contribution is 5.94. The maximum Gasteiger partial charge on any atom is 0.387 e. The van der Waals surface area contributed by atoms with Crippen LogP contribution in [0.4, 0.5) is 8.78 Å². The quantitative estimate of drug-likeness (QED) is 0.687. The molecule has 0 aromatic heterocycles. The first-order chi connectivity index (χ1) is 12.9. The van der Waals surface area contributed by atoms with Crippen LogP contribution in [0.2, 0.25) is 0 Å². The van der Waals surface area contributed by atoms with Crippen LogP contribution in [0, 0.1) is 5.92 Å². The zero-order valence-electron chi connectivity index (χ0n) is 14.9. The van der Waals surface area contributed by atoms with Gasteiger partial charge in [-0.15, -0.1) is 0 Å². The molecule has 1 aliphatic carbocycles. The maximum absolute atomic E-state index is 12.4. The molecule has 8 heteroatoms. The van der Waals surface area contributed by atoms with Crippen molar-refractivity contribution in [2.45, 2.75) is 50.8 Å². The van der Waals surface area contributed by atoms with Crippen molar-refractivity contribution in [2.24, 2.45) is 5.92 Å². The van der Waals surface area contributed by atoms with Gasteiger partial charge in [-0.25, -0.2) is 0 Å². The van der Waals surface area contributed by atoms with Crippen molar-refractivity contribution in [3.05, 3.63) is 29.8 Å². The van der Waals surface area contributed by atoms with Crippen LogP contribution in [-0.2, 0) is 4.79 Å². The molecule has 1 aromatic carbocycles. The van der Waals surface area contributed by atoms with Crippen LogP contribution in [0.5, 0.6) is 5.75 Å². The highest BCUT2D eigenvalue weighted by Crippen LogP contribution is 2.35. The molecule has 1 saturated carbocycles. The Morgan fingerprint density at radius 2 is 1.96 bits per heavy atom. The summed E-state index contributed by atoms with van der Waals surface area (Å²) in [4.78, 5) is 25.7. The molecule has 2 fully saturated rings. The van der Waals surface area contributed by atoms with Crippen LogP contribution in [0.15, 0.2) is 24.3 Å². The first-order valence-electron chi connectivity index (χ1n) is 9.23. The van der Waals surface area contributed by atoms with E-state index in [1.54, 1.807) is 0 Å². The summed E-state index contributed by atoms with van der Waals surface area (Å²) >= 11 is 0. The Labute approximate surface area is 156 Å². The molecule has 2 aliphatic rings. The number of likely N-dealkylation sites (tertiary alicyclic amines) is 1. The molecule has 27 heavy (non-hydrogen) atoms. The summed E-state index contributed by atoms with van der Waals surface area (Å²) in [7, 11) is 0.